The second kappa shape index (κ2) is 4.67. The van der Waals surface area contributed by atoms with Crippen molar-refractivity contribution in [2.45, 2.75) is 12.3 Å². The maximum absolute atomic E-state index is 10.7. The Balaban J connectivity index is 2.45. The molecule has 0 aliphatic carbocycles. The van der Waals surface area contributed by atoms with Crippen molar-refractivity contribution in [3.05, 3.63) is 51.8 Å². The van der Waals surface area contributed by atoms with Gasteiger partial charge in [-0.1, -0.05) is 22.0 Å². The van der Waals surface area contributed by atoms with Crippen molar-refractivity contribution in [3.8, 4) is 5.69 Å². The molecule has 0 atom stereocenters. The Morgan fingerprint density at radius 2 is 2.29 bits per heavy atom. The fraction of sp³-hybridized carbons (Fsp3) is 0.182. The van der Waals surface area contributed by atoms with Crippen LogP contribution in [0.2, 0.25) is 0 Å². The molecule has 0 aliphatic heterocycles. The highest BCUT2D eigenvalue weighted by Gasteiger charge is 2.09. The summed E-state index contributed by atoms with van der Waals surface area (Å²) in [5.41, 5.74) is 2.73. The van der Waals surface area contributed by atoms with E-state index in [0.29, 0.717) is 11.0 Å². The SMILES string of the molecule is Cc1nn(-c2cccc([N+](=O)[O-])c2)cc1CBr. The molecule has 0 spiro atoms. The molecule has 0 saturated heterocycles. The van der Waals surface area contributed by atoms with Crippen LogP contribution in [0.3, 0.4) is 0 Å². The fourth-order valence-electron chi connectivity index (χ4n) is 1.51. The Kier molecular flexibility index (Phi) is 3.23. The highest BCUT2D eigenvalue weighted by atomic mass is 79.9. The molecule has 6 heteroatoms. The summed E-state index contributed by atoms with van der Waals surface area (Å²) in [6.07, 6.45) is 1.86. The Labute approximate surface area is 106 Å². The van der Waals surface area contributed by atoms with Crippen molar-refractivity contribution in [1.29, 1.82) is 0 Å². The predicted molar refractivity (Wildman–Crippen MR) is 67.6 cm³/mol. The van der Waals surface area contributed by atoms with Crippen molar-refractivity contribution >= 4 is 21.6 Å². The van der Waals surface area contributed by atoms with Gasteiger partial charge in [0.05, 0.1) is 16.3 Å². The fourth-order valence-corrected chi connectivity index (χ4v) is 2.06. The first kappa shape index (κ1) is 11.8. The first-order valence-corrected chi connectivity index (χ1v) is 6.10. The number of nitro groups is 1. The van der Waals surface area contributed by atoms with E-state index in [2.05, 4.69) is 21.0 Å². The minimum atomic E-state index is -0.411. The summed E-state index contributed by atoms with van der Waals surface area (Å²) in [6.45, 7) is 1.91. The van der Waals surface area contributed by atoms with Crippen molar-refractivity contribution < 1.29 is 4.92 Å². The van der Waals surface area contributed by atoms with E-state index in [9.17, 15) is 10.1 Å². The Bertz CT molecular complexity index is 566. The number of benzene rings is 1. The van der Waals surface area contributed by atoms with Gasteiger partial charge in [-0.3, -0.25) is 10.1 Å². The van der Waals surface area contributed by atoms with E-state index in [1.54, 1.807) is 16.8 Å². The quantitative estimate of drug-likeness (QED) is 0.497. The van der Waals surface area contributed by atoms with Crippen LogP contribution < -0.4 is 0 Å². The topological polar surface area (TPSA) is 61.0 Å². The van der Waals surface area contributed by atoms with Gasteiger partial charge in [-0.2, -0.15) is 5.10 Å². The number of hydrogen-bond acceptors (Lipinski definition) is 3. The molecule has 0 fully saturated rings. The van der Waals surface area contributed by atoms with E-state index in [4.69, 9.17) is 0 Å². The molecule has 5 nitrogen and oxygen atoms in total. The van der Waals surface area contributed by atoms with E-state index in [0.717, 1.165) is 11.3 Å². The lowest BCUT2D eigenvalue weighted by Gasteiger charge is -2.00. The third kappa shape index (κ3) is 2.36. The van der Waals surface area contributed by atoms with Crippen molar-refractivity contribution in [2.75, 3.05) is 0 Å². The number of non-ortho nitro benzene ring substituents is 1. The standard InChI is InChI=1S/C11H10BrN3O2/c1-8-9(6-12)7-14(13-8)10-3-2-4-11(5-10)15(16)17/h2-5,7H,6H2,1H3. The van der Waals surface area contributed by atoms with Crippen LogP contribution in [0.15, 0.2) is 30.5 Å². The van der Waals surface area contributed by atoms with Gasteiger partial charge in [0.25, 0.3) is 5.69 Å². The zero-order chi connectivity index (χ0) is 12.4. The molecule has 0 saturated carbocycles. The van der Waals surface area contributed by atoms with Gasteiger partial charge < -0.3 is 0 Å². The Morgan fingerprint density at radius 3 is 2.88 bits per heavy atom. The van der Waals surface area contributed by atoms with Crippen LogP contribution in [0.1, 0.15) is 11.3 Å². The van der Waals surface area contributed by atoms with Crippen LogP contribution in [0.4, 0.5) is 5.69 Å². The maximum Gasteiger partial charge on any atom is 0.271 e. The molecule has 17 heavy (non-hydrogen) atoms. The Hall–Kier alpha value is -1.69. The molecular weight excluding hydrogens is 286 g/mol. The lowest BCUT2D eigenvalue weighted by atomic mass is 10.3. The Morgan fingerprint density at radius 1 is 1.53 bits per heavy atom. The monoisotopic (exact) mass is 295 g/mol. The average Bonchev–Trinajstić information content (AvgIpc) is 2.71. The highest BCUT2D eigenvalue weighted by Crippen LogP contribution is 2.18. The highest BCUT2D eigenvalue weighted by molar-refractivity contribution is 9.08. The van der Waals surface area contributed by atoms with Gasteiger partial charge in [0.15, 0.2) is 0 Å². The summed E-state index contributed by atoms with van der Waals surface area (Å²) >= 11 is 3.37. The number of alkyl halides is 1. The lowest BCUT2D eigenvalue weighted by Crippen LogP contribution is -1.96. The number of aryl methyl sites for hydroxylation is 1. The number of halogens is 1. The molecule has 0 N–H and O–H groups in total. The van der Waals surface area contributed by atoms with Gasteiger partial charge in [-0.05, 0) is 13.0 Å². The maximum atomic E-state index is 10.7. The predicted octanol–water partition coefficient (Wildman–Crippen LogP) is 2.98. The van der Waals surface area contributed by atoms with E-state index >= 15 is 0 Å². The molecule has 1 aromatic heterocycles. The van der Waals surface area contributed by atoms with Crippen LogP contribution >= 0.6 is 15.9 Å². The molecule has 0 unspecified atom stereocenters. The third-order valence-electron chi connectivity index (χ3n) is 2.45. The average molecular weight is 296 g/mol. The molecule has 0 amide bonds. The van der Waals surface area contributed by atoms with Crippen molar-refractivity contribution in [3.63, 3.8) is 0 Å². The largest absolute Gasteiger partial charge is 0.271 e. The third-order valence-corrected chi connectivity index (χ3v) is 3.05. The molecule has 1 aromatic carbocycles. The number of nitro benzene ring substituents is 1. The summed E-state index contributed by atoms with van der Waals surface area (Å²) in [5.74, 6) is 0. The number of aromatic nitrogens is 2. The number of rotatable bonds is 3. The summed E-state index contributed by atoms with van der Waals surface area (Å²) < 4.78 is 1.65. The summed E-state index contributed by atoms with van der Waals surface area (Å²) in [4.78, 5) is 10.3. The van der Waals surface area contributed by atoms with Crippen molar-refractivity contribution in [1.82, 2.24) is 9.78 Å². The van der Waals surface area contributed by atoms with E-state index in [1.807, 2.05) is 13.1 Å². The second-order valence-corrected chi connectivity index (χ2v) is 4.16. The van der Waals surface area contributed by atoms with Gasteiger partial charge in [0.1, 0.15) is 0 Å². The van der Waals surface area contributed by atoms with Gasteiger partial charge >= 0.3 is 0 Å². The first-order valence-electron chi connectivity index (χ1n) is 4.98. The van der Waals surface area contributed by atoms with Crippen LogP contribution in [0.5, 0.6) is 0 Å². The summed E-state index contributed by atoms with van der Waals surface area (Å²) in [5, 5.41) is 15.7. The molecule has 0 radical (unpaired) electrons. The van der Waals surface area contributed by atoms with Crippen LogP contribution in [0.25, 0.3) is 5.69 Å². The normalized spacial score (nSPS) is 10.5. The molecule has 2 aromatic rings. The first-order chi connectivity index (χ1) is 8.11. The van der Waals surface area contributed by atoms with Gasteiger partial charge in [-0.25, -0.2) is 4.68 Å². The molecule has 88 valence electrons. The smallest absolute Gasteiger partial charge is 0.258 e. The number of hydrogen-bond donors (Lipinski definition) is 0. The zero-order valence-corrected chi connectivity index (χ0v) is 10.7. The summed E-state index contributed by atoms with van der Waals surface area (Å²) in [6, 6.07) is 6.41. The second-order valence-electron chi connectivity index (χ2n) is 3.59. The van der Waals surface area contributed by atoms with E-state index in [1.165, 1.54) is 12.1 Å². The van der Waals surface area contributed by atoms with Gasteiger partial charge in [-0.15, -0.1) is 0 Å². The molecule has 0 aliphatic rings. The molecule has 1 heterocycles. The molecule has 2 rings (SSSR count). The van der Waals surface area contributed by atoms with E-state index in [-0.39, 0.29) is 5.69 Å². The molecule has 0 bridgehead atoms. The minimum Gasteiger partial charge on any atom is -0.258 e. The van der Waals surface area contributed by atoms with Crippen LogP contribution in [0, 0.1) is 17.0 Å². The van der Waals surface area contributed by atoms with Crippen LogP contribution in [-0.4, -0.2) is 14.7 Å². The van der Waals surface area contributed by atoms with Gasteiger partial charge in [0.2, 0.25) is 0 Å². The zero-order valence-electron chi connectivity index (χ0n) is 9.13. The molecular formula is C11H10BrN3O2. The number of nitrogens with zero attached hydrogens (tertiary/aromatic N) is 3. The van der Waals surface area contributed by atoms with E-state index < -0.39 is 4.92 Å². The van der Waals surface area contributed by atoms with Crippen LogP contribution in [-0.2, 0) is 5.33 Å². The van der Waals surface area contributed by atoms with Gasteiger partial charge in [0, 0.05) is 29.2 Å². The minimum absolute atomic E-state index is 0.0658. The lowest BCUT2D eigenvalue weighted by molar-refractivity contribution is -0.384. The summed E-state index contributed by atoms with van der Waals surface area (Å²) in [7, 11) is 0. The van der Waals surface area contributed by atoms with Crippen molar-refractivity contribution in [2.24, 2.45) is 0 Å².